The van der Waals surface area contributed by atoms with Crippen LogP contribution in [-0.4, -0.2) is 67.2 Å². The molecule has 9 heteroatoms. The van der Waals surface area contributed by atoms with Gasteiger partial charge in [-0.25, -0.2) is 12.8 Å². The second-order valence-electron chi connectivity index (χ2n) is 6.70. The molecule has 2 heterocycles. The van der Waals surface area contributed by atoms with Gasteiger partial charge in [-0.05, 0) is 36.4 Å². The van der Waals surface area contributed by atoms with Crippen LogP contribution in [0.25, 0.3) is 0 Å². The molecule has 0 spiro atoms. The van der Waals surface area contributed by atoms with Gasteiger partial charge in [-0.3, -0.25) is 19.4 Å². The standard InChI is InChI=1S/C19H18FN3O4S/c20-14-5-7-15(8-6-14)28(26,27)22-11-9-21(10-12-22)13-23-18(24)16-3-1-2-4-17(16)19(23)25/h1-8H,9-13H2. The first-order valence-corrected chi connectivity index (χ1v) is 10.3. The molecule has 1 fully saturated rings. The first-order valence-electron chi connectivity index (χ1n) is 8.81. The quantitative estimate of drug-likeness (QED) is 0.721. The van der Waals surface area contributed by atoms with Crippen molar-refractivity contribution in [3.8, 4) is 0 Å². The highest BCUT2D eigenvalue weighted by Crippen LogP contribution is 2.23. The summed E-state index contributed by atoms with van der Waals surface area (Å²) in [6.45, 7) is 1.34. The van der Waals surface area contributed by atoms with Crippen LogP contribution in [0.3, 0.4) is 0 Å². The molecule has 2 aromatic rings. The molecule has 0 saturated carbocycles. The van der Waals surface area contributed by atoms with Crippen LogP contribution in [0.5, 0.6) is 0 Å². The third kappa shape index (κ3) is 3.21. The lowest BCUT2D eigenvalue weighted by Gasteiger charge is -2.35. The monoisotopic (exact) mass is 403 g/mol. The fourth-order valence-electron chi connectivity index (χ4n) is 3.43. The van der Waals surface area contributed by atoms with Crippen LogP contribution in [0.4, 0.5) is 4.39 Å². The summed E-state index contributed by atoms with van der Waals surface area (Å²) >= 11 is 0. The number of sulfonamides is 1. The minimum Gasteiger partial charge on any atom is -0.283 e. The predicted molar refractivity (Wildman–Crippen MR) is 98.5 cm³/mol. The number of fused-ring (bicyclic) bond motifs is 1. The van der Waals surface area contributed by atoms with Crippen LogP contribution < -0.4 is 0 Å². The molecule has 2 amide bonds. The highest BCUT2D eigenvalue weighted by atomic mass is 32.2. The topological polar surface area (TPSA) is 78.0 Å². The number of rotatable bonds is 4. The number of imide groups is 1. The van der Waals surface area contributed by atoms with Gasteiger partial charge in [0.1, 0.15) is 5.82 Å². The Hall–Kier alpha value is -2.62. The lowest BCUT2D eigenvalue weighted by Crippen LogP contribution is -2.52. The SMILES string of the molecule is O=C1c2ccccc2C(=O)N1CN1CCN(S(=O)(=O)c2ccc(F)cc2)CC1. The summed E-state index contributed by atoms with van der Waals surface area (Å²) in [4.78, 5) is 28.0. The highest BCUT2D eigenvalue weighted by molar-refractivity contribution is 7.89. The van der Waals surface area contributed by atoms with Crippen molar-refractivity contribution in [3.63, 3.8) is 0 Å². The van der Waals surface area contributed by atoms with E-state index in [1.165, 1.54) is 21.3 Å². The maximum Gasteiger partial charge on any atom is 0.262 e. The summed E-state index contributed by atoms with van der Waals surface area (Å²) in [5.74, 6) is -1.16. The van der Waals surface area contributed by atoms with Gasteiger partial charge in [0, 0.05) is 26.2 Å². The molecule has 28 heavy (non-hydrogen) atoms. The van der Waals surface area contributed by atoms with E-state index in [0.29, 0.717) is 24.2 Å². The Morgan fingerprint density at radius 3 is 1.89 bits per heavy atom. The molecule has 0 bridgehead atoms. The molecule has 7 nitrogen and oxygen atoms in total. The lowest BCUT2D eigenvalue weighted by molar-refractivity contribution is 0.0500. The van der Waals surface area contributed by atoms with Gasteiger partial charge in [0.2, 0.25) is 10.0 Å². The number of hydrogen-bond acceptors (Lipinski definition) is 5. The molecule has 146 valence electrons. The summed E-state index contributed by atoms with van der Waals surface area (Å²) in [6.07, 6.45) is 0. The molecular weight excluding hydrogens is 385 g/mol. The van der Waals surface area contributed by atoms with Crippen molar-refractivity contribution in [1.82, 2.24) is 14.1 Å². The van der Waals surface area contributed by atoms with Gasteiger partial charge < -0.3 is 0 Å². The minimum atomic E-state index is -3.70. The maximum absolute atomic E-state index is 13.0. The molecule has 1 saturated heterocycles. The van der Waals surface area contributed by atoms with E-state index >= 15 is 0 Å². The van der Waals surface area contributed by atoms with E-state index < -0.39 is 15.8 Å². The number of carbonyl (C=O) groups is 2. The van der Waals surface area contributed by atoms with Crippen molar-refractivity contribution < 1.29 is 22.4 Å². The number of amides is 2. The lowest BCUT2D eigenvalue weighted by atomic mass is 10.1. The molecule has 0 unspecified atom stereocenters. The fourth-order valence-corrected chi connectivity index (χ4v) is 4.86. The summed E-state index contributed by atoms with van der Waals surface area (Å²) in [5.41, 5.74) is 0.787. The summed E-state index contributed by atoms with van der Waals surface area (Å²) < 4.78 is 39.7. The van der Waals surface area contributed by atoms with Crippen LogP contribution in [0, 0.1) is 5.82 Å². The fraction of sp³-hybridized carbons (Fsp3) is 0.263. The van der Waals surface area contributed by atoms with Gasteiger partial charge in [0.05, 0.1) is 22.7 Å². The number of piperazine rings is 1. The number of carbonyl (C=O) groups excluding carboxylic acids is 2. The molecule has 0 N–H and O–H groups in total. The highest BCUT2D eigenvalue weighted by Gasteiger charge is 2.37. The molecule has 0 atom stereocenters. The van der Waals surface area contributed by atoms with E-state index in [-0.39, 0.29) is 36.5 Å². The third-order valence-corrected chi connectivity index (χ3v) is 6.92. The first kappa shape index (κ1) is 18.7. The third-order valence-electron chi connectivity index (χ3n) is 5.00. The number of nitrogens with zero attached hydrogens (tertiary/aromatic N) is 3. The van der Waals surface area contributed by atoms with E-state index in [1.807, 2.05) is 4.90 Å². The van der Waals surface area contributed by atoms with Crippen molar-refractivity contribution in [2.24, 2.45) is 0 Å². The number of benzene rings is 2. The van der Waals surface area contributed by atoms with E-state index in [1.54, 1.807) is 24.3 Å². The zero-order valence-corrected chi connectivity index (χ0v) is 15.7. The Kier molecular flexibility index (Phi) is 4.74. The van der Waals surface area contributed by atoms with E-state index in [0.717, 1.165) is 12.1 Å². The van der Waals surface area contributed by atoms with Crippen LogP contribution in [0.2, 0.25) is 0 Å². The van der Waals surface area contributed by atoms with E-state index in [4.69, 9.17) is 0 Å². The van der Waals surface area contributed by atoms with Gasteiger partial charge in [-0.1, -0.05) is 12.1 Å². The van der Waals surface area contributed by atoms with Gasteiger partial charge in [0.25, 0.3) is 11.8 Å². The minimum absolute atomic E-state index is 0.0442. The molecule has 4 rings (SSSR count). The summed E-state index contributed by atoms with van der Waals surface area (Å²) in [6, 6.07) is 11.4. The Bertz CT molecular complexity index is 996. The molecule has 0 aromatic heterocycles. The predicted octanol–water partition coefficient (Wildman–Crippen LogP) is 1.39. The van der Waals surface area contributed by atoms with Gasteiger partial charge in [-0.15, -0.1) is 0 Å². The number of halogens is 1. The van der Waals surface area contributed by atoms with Crippen LogP contribution in [-0.2, 0) is 10.0 Å². The van der Waals surface area contributed by atoms with Gasteiger partial charge in [0.15, 0.2) is 0 Å². The zero-order chi connectivity index (χ0) is 19.9. The van der Waals surface area contributed by atoms with Crippen molar-refractivity contribution >= 4 is 21.8 Å². The molecule has 0 aliphatic carbocycles. The van der Waals surface area contributed by atoms with E-state index in [9.17, 15) is 22.4 Å². The average molecular weight is 403 g/mol. The van der Waals surface area contributed by atoms with E-state index in [2.05, 4.69) is 0 Å². The van der Waals surface area contributed by atoms with Gasteiger partial charge >= 0.3 is 0 Å². The van der Waals surface area contributed by atoms with Crippen LogP contribution >= 0.6 is 0 Å². The Labute approximate surface area is 162 Å². The van der Waals surface area contributed by atoms with Crippen LogP contribution in [0.15, 0.2) is 53.4 Å². The largest absolute Gasteiger partial charge is 0.283 e. The Balaban J connectivity index is 1.41. The smallest absolute Gasteiger partial charge is 0.262 e. The maximum atomic E-state index is 13.0. The van der Waals surface area contributed by atoms with Gasteiger partial charge in [-0.2, -0.15) is 4.31 Å². The Morgan fingerprint density at radius 1 is 0.821 bits per heavy atom. The molecule has 2 aliphatic heterocycles. The first-order chi connectivity index (χ1) is 13.4. The van der Waals surface area contributed by atoms with Crippen LogP contribution in [0.1, 0.15) is 20.7 Å². The second-order valence-corrected chi connectivity index (χ2v) is 8.64. The number of hydrogen-bond donors (Lipinski definition) is 0. The van der Waals surface area contributed by atoms with Crippen molar-refractivity contribution in [2.75, 3.05) is 32.8 Å². The Morgan fingerprint density at radius 2 is 1.36 bits per heavy atom. The molecule has 2 aliphatic rings. The molecular formula is C19H18FN3O4S. The molecule has 2 aromatic carbocycles. The molecule has 0 radical (unpaired) electrons. The normalized spacial score (nSPS) is 18.5. The zero-order valence-electron chi connectivity index (χ0n) is 14.9. The van der Waals surface area contributed by atoms with Crippen molar-refractivity contribution in [3.05, 3.63) is 65.5 Å². The summed E-state index contributed by atoms with van der Waals surface area (Å²) in [5, 5.41) is 0. The average Bonchev–Trinajstić information content (AvgIpc) is 2.94. The van der Waals surface area contributed by atoms with Crippen molar-refractivity contribution in [1.29, 1.82) is 0 Å². The second kappa shape index (κ2) is 7.08. The van der Waals surface area contributed by atoms with Crippen molar-refractivity contribution in [2.45, 2.75) is 4.90 Å². The summed E-state index contributed by atoms with van der Waals surface area (Å²) in [7, 11) is -3.70.